The van der Waals surface area contributed by atoms with Crippen molar-refractivity contribution in [2.45, 2.75) is 49.1 Å². The van der Waals surface area contributed by atoms with Gasteiger partial charge in [-0.25, -0.2) is 0 Å². The van der Waals surface area contributed by atoms with E-state index in [9.17, 15) is 9.59 Å². The molecule has 0 aromatic heterocycles. The van der Waals surface area contributed by atoms with Crippen LogP contribution >= 0.6 is 11.8 Å². The number of nitrogens with zero attached hydrogens (tertiary/aromatic N) is 3. The van der Waals surface area contributed by atoms with Gasteiger partial charge in [-0.05, 0) is 80.5 Å². The van der Waals surface area contributed by atoms with E-state index in [-0.39, 0.29) is 24.5 Å². The predicted octanol–water partition coefficient (Wildman–Crippen LogP) is 4.29. The third kappa shape index (κ3) is 5.10. The summed E-state index contributed by atoms with van der Waals surface area (Å²) in [6, 6.07) is 16.2. The number of rotatable bonds is 6. The van der Waals surface area contributed by atoms with E-state index in [1.54, 1.807) is 21.6 Å². The number of hydrogen-bond donors (Lipinski definition) is 0. The zero-order chi connectivity index (χ0) is 23.5. The van der Waals surface area contributed by atoms with Crippen molar-refractivity contribution in [3.63, 3.8) is 0 Å². The molecule has 34 heavy (non-hydrogen) atoms. The lowest BCUT2D eigenvalue weighted by atomic mass is 9.90. The van der Waals surface area contributed by atoms with E-state index in [1.807, 2.05) is 54.8 Å². The molecule has 0 atom stereocenters. The summed E-state index contributed by atoms with van der Waals surface area (Å²) in [5.41, 5.74) is 1.48. The number of benzene rings is 2. The molecule has 6 nitrogen and oxygen atoms in total. The van der Waals surface area contributed by atoms with Crippen molar-refractivity contribution in [1.82, 2.24) is 9.80 Å². The average Bonchev–Trinajstić information content (AvgIpc) is 2.84. The third-order valence-corrected chi connectivity index (χ3v) is 8.11. The lowest BCUT2D eigenvalue weighted by Gasteiger charge is -2.41. The first-order valence-corrected chi connectivity index (χ1v) is 13.6. The molecule has 2 aromatic carbocycles. The van der Waals surface area contributed by atoms with Crippen LogP contribution in [-0.4, -0.2) is 72.7 Å². The molecule has 2 saturated heterocycles. The maximum atomic E-state index is 12.9. The standard InChI is InChI=1S/C27H33N3O3S/c1-34-25-11-5-20(6-12-25)27(32)29-17-18-30(26(31)19-29)22-7-9-23(10-8-22)33-24-13-15-28(16-14-24)21-3-2-4-21/h5-12,21,24H,2-4,13-19H2,1H3. The van der Waals surface area contributed by atoms with Crippen molar-refractivity contribution < 1.29 is 14.3 Å². The van der Waals surface area contributed by atoms with E-state index in [4.69, 9.17) is 4.74 Å². The van der Waals surface area contributed by atoms with Crippen LogP contribution in [0.15, 0.2) is 53.4 Å². The summed E-state index contributed by atoms with van der Waals surface area (Å²) in [5, 5.41) is 0. The SMILES string of the molecule is CSc1ccc(C(=O)N2CCN(c3ccc(OC4CCN(C5CCC5)CC4)cc3)C(=O)C2)cc1. The average molecular weight is 480 g/mol. The van der Waals surface area contributed by atoms with Crippen molar-refractivity contribution >= 4 is 29.3 Å². The van der Waals surface area contributed by atoms with Crippen LogP contribution in [0.2, 0.25) is 0 Å². The summed E-state index contributed by atoms with van der Waals surface area (Å²) >= 11 is 1.64. The molecule has 2 heterocycles. The topological polar surface area (TPSA) is 53.1 Å². The van der Waals surface area contributed by atoms with Crippen LogP contribution < -0.4 is 9.64 Å². The van der Waals surface area contributed by atoms with Gasteiger partial charge in [-0.2, -0.15) is 0 Å². The second kappa shape index (κ2) is 10.4. The van der Waals surface area contributed by atoms with Gasteiger partial charge >= 0.3 is 0 Å². The van der Waals surface area contributed by atoms with Crippen molar-refractivity contribution in [1.29, 1.82) is 0 Å². The van der Waals surface area contributed by atoms with Crippen molar-refractivity contribution in [3.8, 4) is 5.75 Å². The van der Waals surface area contributed by atoms with Gasteiger partial charge in [-0.3, -0.25) is 9.59 Å². The van der Waals surface area contributed by atoms with Gasteiger partial charge < -0.3 is 19.4 Å². The normalized spacial score (nSPS) is 20.3. The van der Waals surface area contributed by atoms with Gasteiger partial charge in [-0.15, -0.1) is 11.8 Å². The Morgan fingerprint density at radius 1 is 0.912 bits per heavy atom. The van der Waals surface area contributed by atoms with E-state index < -0.39 is 0 Å². The molecule has 2 aliphatic heterocycles. The lowest BCUT2D eigenvalue weighted by molar-refractivity contribution is -0.120. The Bertz CT molecular complexity index is 999. The second-order valence-corrected chi connectivity index (χ2v) is 10.3. The Balaban J connectivity index is 1.13. The van der Waals surface area contributed by atoms with E-state index in [0.717, 1.165) is 48.3 Å². The van der Waals surface area contributed by atoms with E-state index >= 15 is 0 Å². The number of anilines is 1. The lowest BCUT2D eigenvalue weighted by Crippen LogP contribution is -2.52. The van der Waals surface area contributed by atoms with Crippen molar-refractivity contribution in [2.75, 3.05) is 43.9 Å². The summed E-state index contributed by atoms with van der Waals surface area (Å²) in [7, 11) is 0. The highest BCUT2D eigenvalue weighted by atomic mass is 32.2. The number of carbonyl (C=O) groups excluding carboxylic acids is 2. The molecule has 0 radical (unpaired) electrons. The molecule has 5 rings (SSSR count). The molecule has 1 saturated carbocycles. The van der Waals surface area contributed by atoms with Gasteiger partial charge in [0, 0.05) is 48.4 Å². The van der Waals surface area contributed by atoms with E-state index in [0.29, 0.717) is 18.7 Å². The first-order valence-electron chi connectivity index (χ1n) is 12.3. The van der Waals surface area contributed by atoms with Crippen LogP contribution in [0.4, 0.5) is 5.69 Å². The van der Waals surface area contributed by atoms with Gasteiger partial charge in [0.1, 0.15) is 18.4 Å². The van der Waals surface area contributed by atoms with E-state index in [2.05, 4.69) is 4.90 Å². The number of hydrogen-bond acceptors (Lipinski definition) is 5. The smallest absolute Gasteiger partial charge is 0.254 e. The molecule has 2 amide bonds. The highest BCUT2D eigenvalue weighted by Gasteiger charge is 2.30. The van der Waals surface area contributed by atoms with Crippen LogP contribution in [0.5, 0.6) is 5.75 Å². The Morgan fingerprint density at radius 2 is 1.62 bits per heavy atom. The molecule has 7 heteroatoms. The van der Waals surface area contributed by atoms with Gasteiger partial charge in [0.25, 0.3) is 5.91 Å². The summed E-state index contributed by atoms with van der Waals surface area (Å²) in [6.45, 7) is 3.38. The highest BCUT2D eigenvalue weighted by molar-refractivity contribution is 7.98. The molecule has 1 aliphatic carbocycles. The Kier molecular flexibility index (Phi) is 7.11. The van der Waals surface area contributed by atoms with Crippen LogP contribution in [0.3, 0.4) is 0 Å². The summed E-state index contributed by atoms with van der Waals surface area (Å²) < 4.78 is 6.23. The molecule has 0 N–H and O–H groups in total. The number of piperazine rings is 1. The first kappa shape index (κ1) is 23.2. The maximum absolute atomic E-state index is 12.9. The number of amides is 2. The molecule has 180 valence electrons. The van der Waals surface area contributed by atoms with Crippen molar-refractivity contribution in [2.24, 2.45) is 0 Å². The predicted molar refractivity (Wildman–Crippen MR) is 136 cm³/mol. The van der Waals surface area contributed by atoms with Crippen LogP contribution in [-0.2, 0) is 4.79 Å². The molecule has 3 aliphatic rings. The molecular weight excluding hydrogens is 446 g/mol. The number of ether oxygens (including phenoxy) is 1. The third-order valence-electron chi connectivity index (χ3n) is 7.36. The van der Waals surface area contributed by atoms with Crippen LogP contribution in [0.25, 0.3) is 0 Å². The monoisotopic (exact) mass is 479 g/mol. The Labute approximate surface area is 206 Å². The van der Waals surface area contributed by atoms with Gasteiger partial charge in [0.05, 0.1) is 0 Å². The molecular formula is C27H33N3O3S. The Hall–Kier alpha value is -2.51. The number of carbonyl (C=O) groups is 2. The maximum Gasteiger partial charge on any atom is 0.254 e. The molecule has 0 unspecified atom stereocenters. The van der Waals surface area contributed by atoms with Crippen molar-refractivity contribution in [3.05, 3.63) is 54.1 Å². The fourth-order valence-corrected chi connectivity index (χ4v) is 5.45. The first-order chi connectivity index (χ1) is 16.6. The fourth-order valence-electron chi connectivity index (χ4n) is 5.04. The number of thioether (sulfide) groups is 1. The minimum atomic E-state index is -0.0900. The zero-order valence-corrected chi connectivity index (χ0v) is 20.6. The molecule has 0 bridgehead atoms. The van der Waals surface area contributed by atoms with Crippen LogP contribution in [0.1, 0.15) is 42.5 Å². The largest absolute Gasteiger partial charge is 0.490 e. The van der Waals surface area contributed by atoms with Crippen LogP contribution in [0, 0.1) is 0 Å². The number of likely N-dealkylation sites (tertiary alicyclic amines) is 1. The minimum Gasteiger partial charge on any atom is -0.490 e. The molecule has 3 fully saturated rings. The fraction of sp³-hybridized carbons (Fsp3) is 0.481. The van der Waals surface area contributed by atoms with Gasteiger partial charge in [0.2, 0.25) is 5.91 Å². The summed E-state index contributed by atoms with van der Waals surface area (Å²) in [4.78, 5) is 32.8. The van der Waals surface area contributed by atoms with Gasteiger partial charge in [0.15, 0.2) is 0 Å². The minimum absolute atomic E-state index is 0.0580. The number of piperidine rings is 1. The van der Waals surface area contributed by atoms with E-state index in [1.165, 1.54) is 19.3 Å². The molecule has 2 aromatic rings. The second-order valence-electron chi connectivity index (χ2n) is 9.43. The molecule has 0 spiro atoms. The zero-order valence-electron chi connectivity index (χ0n) is 19.8. The highest BCUT2D eigenvalue weighted by Crippen LogP contribution is 2.29. The van der Waals surface area contributed by atoms with Gasteiger partial charge in [-0.1, -0.05) is 6.42 Å². The summed E-state index contributed by atoms with van der Waals surface area (Å²) in [5.74, 6) is 0.714. The quantitative estimate of drug-likeness (QED) is 0.579. The Morgan fingerprint density at radius 3 is 2.21 bits per heavy atom. The summed E-state index contributed by atoms with van der Waals surface area (Å²) in [6.07, 6.45) is 8.53.